The van der Waals surface area contributed by atoms with Crippen LogP contribution in [-0.4, -0.2) is 19.2 Å². The maximum Gasteiger partial charge on any atom is 0.0963 e. The van der Waals surface area contributed by atoms with Gasteiger partial charge in [-0.15, -0.1) is 0 Å². The molecule has 1 aromatic rings. The third-order valence-corrected chi connectivity index (χ3v) is 4.87. The Morgan fingerprint density at radius 1 is 1.25 bits per heavy atom. The fraction of sp³-hybridized carbons (Fsp3) is 0.647. The fourth-order valence-electron chi connectivity index (χ4n) is 2.84. The van der Waals surface area contributed by atoms with Crippen molar-refractivity contribution in [3.8, 4) is 0 Å². The lowest BCUT2D eigenvalue weighted by molar-refractivity contribution is -0.0363. The van der Waals surface area contributed by atoms with Gasteiger partial charge < -0.3 is 10.1 Å². The molecule has 0 bridgehead atoms. The molecule has 0 aromatic heterocycles. The number of nitrogens with one attached hydrogen (secondary N) is 1. The van der Waals surface area contributed by atoms with Gasteiger partial charge in [-0.25, -0.2) is 0 Å². The summed E-state index contributed by atoms with van der Waals surface area (Å²) in [5, 5.41) is 3.43. The quantitative estimate of drug-likeness (QED) is 0.811. The third kappa shape index (κ3) is 4.57. The van der Waals surface area contributed by atoms with Gasteiger partial charge in [0.25, 0.3) is 0 Å². The number of ether oxygens (including phenoxy) is 1. The summed E-state index contributed by atoms with van der Waals surface area (Å²) < 4.78 is 7.56. The molecule has 1 saturated carbocycles. The molecule has 1 unspecified atom stereocenters. The lowest BCUT2D eigenvalue weighted by Crippen LogP contribution is -2.29. The SMILES string of the molecule is CCNCC(OC1CCC(C)CC1)c1ccccc1Br. The number of likely N-dealkylation sites (N-methyl/N-ethyl adjacent to an activating group) is 1. The average Bonchev–Trinajstić information content (AvgIpc) is 2.46. The van der Waals surface area contributed by atoms with Crippen molar-refractivity contribution in [1.82, 2.24) is 5.32 Å². The van der Waals surface area contributed by atoms with Crippen LogP contribution in [0.1, 0.15) is 51.2 Å². The Balaban J connectivity index is 2.02. The summed E-state index contributed by atoms with van der Waals surface area (Å²) in [5.41, 5.74) is 1.26. The monoisotopic (exact) mass is 339 g/mol. The summed E-state index contributed by atoms with van der Waals surface area (Å²) in [4.78, 5) is 0. The molecule has 1 fully saturated rings. The molecule has 1 N–H and O–H groups in total. The largest absolute Gasteiger partial charge is 0.369 e. The van der Waals surface area contributed by atoms with E-state index in [9.17, 15) is 0 Å². The second kappa shape index (κ2) is 8.16. The van der Waals surface area contributed by atoms with Gasteiger partial charge in [-0.2, -0.15) is 0 Å². The van der Waals surface area contributed by atoms with Crippen LogP contribution < -0.4 is 5.32 Å². The van der Waals surface area contributed by atoms with Crippen LogP contribution in [0.3, 0.4) is 0 Å². The van der Waals surface area contributed by atoms with Gasteiger partial charge in [0.2, 0.25) is 0 Å². The molecule has 0 aliphatic heterocycles. The molecule has 3 heteroatoms. The Kier molecular flexibility index (Phi) is 6.53. The van der Waals surface area contributed by atoms with Crippen molar-refractivity contribution < 1.29 is 4.74 Å². The highest BCUT2D eigenvalue weighted by atomic mass is 79.9. The highest BCUT2D eigenvalue weighted by molar-refractivity contribution is 9.10. The van der Waals surface area contributed by atoms with E-state index in [1.807, 2.05) is 0 Å². The predicted molar refractivity (Wildman–Crippen MR) is 87.9 cm³/mol. The van der Waals surface area contributed by atoms with Gasteiger partial charge in [0.1, 0.15) is 0 Å². The summed E-state index contributed by atoms with van der Waals surface area (Å²) in [7, 11) is 0. The van der Waals surface area contributed by atoms with E-state index in [4.69, 9.17) is 4.74 Å². The second-order valence-electron chi connectivity index (χ2n) is 5.84. The molecule has 1 aliphatic rings. The molecule has 1 aliphatic carbocycles. The molecule has 2 nitrogen and oxygen atoms in total. The summed E-state index contributed by atoms with van der Waals surface area (Å²) in [5.74, 6) is 0.866. The first-order valence-corrected chi connectivity index (χ1v) is 8.60. The summed E-state index contributed by atoms with van der Waals surface area (Å²) >= 11 is 3.66. The molecular weight excluding hydrogens is 314 g/mol. The highest BCUT2D eigenvalue weighted by Crippen LogP contribution is 2.32. The summed E-state index contributed by atoms with van der Waals surface area (Å²) in [6.45, 7) is 6.34. The first kappa shape index (κ1) is 16.0. The summed E-state index contributed by atoms with van der Waals surface area (Å²) in [6, 6.07) is 8.41. The van der Waals surface area contributed by atoms with Gasteiger partial charge in [-0.1, -0.05) is 48.0 Å². The molecular formula is C17H26BrNO. The third-order valence-electron chi connectivity index (χ3n) is 4.15. The standard InChI is InChI=1S/C17H26BrNO/c1-3-19-12-17(15-6-4-5-7-16(15)18)20-14-10-8-13(2)9-11-14/h4-7,13-14,17,19H,3,8-12H2,1-2H3. The topological polar surface area (TPSA) is 21.3 Å². The molecule has 20 heavy (non-hydrogen) atoms. The van der Waals surface area contributed by atoms with E-state index in [1.165, 1.54) is 31.2 Å². The molecule has 1 atom stereocenters. The van der Waals surface area contributed by atoms with Gasteiger partial charge in [0.05, 0.1) is 12.2 Å². The van der Waals surface area contributed by atoms with E-state index >= 15 is 0 Å². The minimum Gasteiger partial charge on any atom is -0.369 e. The molecule has 1 aromatic carbocycles. The zero-order chi connectivity index (χ0) is 14.4. The fourth-order valence-corrected chi connectivity index (χ4v) is 3.38. The van der Waals surface area contributed by atoms with Crippen LogP contribution >= 0.6 is 15.9 Å². The zero-order valence-electron chi connectivity index (χ0n) is 12.6. The molecule has 0 spiro atoms. The van der Waals surface area contributed by atoms with Crippen LogP contribution in [0.5, 0.6) is 0 Å². The summed E-state index contributed by atoms with van der Waals surface area (Å²) in [6.07, 6.45) is 5.57. The minimum absolute atomic E-state index is 0.143. The first-order valence-electron chi connectivity index (χ1n) is 7.81. The van der Waals surface area contributed by atoms with E-state index in [1.54, 1.807) is 0 Å². The molecule has 0 heterocycles. The van der Waals surface area contributed by atoms with Crippen molar-refractivity contribution in [3.05, 3.63) is 34.3 Å². The first-order chi connectivity index (χ1) is 9.70. The number of halogens is 1. The number of rotatable bonds is 6. The van der Waals surface area contributed by atoms with E-state index in [2.05, 4.69) is 59.4 Å². The van der Waals surface area contributed by atoms with Crippen LogP contribution in [0.15, 0.2) is 28.7 Å². The van der Waals surface area contributed by atoms with Gasteiger partial charge >= 0.3 is 0 Å². The molecule has 0 amide bonds. The van der Waals surface area contributed by atoms with Crippen LogP contribution in [0, 0.1) is 5.92 Å². The molecule has 112 valence electrons. The Morgan fingerprint density at radius 3 is 2.60 bits per heavy atom. The minimum atomic E-state index is 0.143. The lowest BCUT2D eigenvalue weighted by Gasteiger charge is -2.31. The molecule has 2 rings (SSSR count). The number of benzene rings is 1. The van der Waals surface area contributed by atoms with Crippen molar-refractivity contribution in [2.45, 2.75) is 51.7 Å². The van der Waals surface area contributed by atoms with Crippen molar-refractivity contribution in [2.24, 2.45) is 5.92 Å². The predicted octanol–water partition coefficient (Wildman–Crippen LogP) is 4.70. The highest BCUT2D eigenvalue weighted by Gasteiger charge is 2.23. The van der Waals surface area contributed by atoms with Crippen LogP contribution in [-0.2, 0) is 4.74 Å². The molecule has 0 radical (unpaired) electrons. The van der Waals surface area contributed by atoms with E-state index in [-0.39, 0.29) is 6.10 Å². The van der Waals surface area contributed by atoms with Crippen LogP contribution in [0.25, 0.3) is 0 Å². The van der Waals surface area contributed by atoms with E-state index in [0.29, 0.717) is 6.10 Å². The smallest absolute Gasteiger partial charge is 0.0963 e. The Morgan fingerprint density at radius 2 is 1.95 bits per heavy atom. The van der Waals surface area contributed by atoms with Gasteiger partial charge in [0, 0.05) is 11.0 Å². The van der Waals surface area contributed by atoms with Gasteiger partial charge in [-0.3, -0.25) is 0 Å². The van der Waals surface area contributed by atoms with Crippen molar-refractivity contribution >= 4 is 15.9 Å². The lowest BCUT2D eigenvalue weighted by atomic mass is 9.89. The Labute approximate surface area is 131 Å². The Hall–Kier alpha value is -0.380. The van der Waals surface area contributed by atoms with Crippen LogP contribution in [0.2, 0.25) is 0 Å². The van der Waals surface area contributed by atoms with Crippen molar-refractivity contribution in [2.75, 3.05) is 13.1 Å². The number of hydrogen-bond acceptors (Lipinski definition) is 2. The average molecular weight is 340 g/mol. The Bertz CT molecular complexity index is 402. The van der Waals surface area contributed by atoms with E-state index in [0.717, 1.165) is 23.5 Å². The molecule has 0 saturated heterocycles. The normalized spacial score (nSPS) is 24.6. The van der Waals surface area contributed by atoms with Crippen molar-refractivity contribution in [3.63, 3.8) is 0 Å². The second-order valence-corrected chi connectivity index (χ2v) is 6.69. The maximum atomic E-state index is 6.42. The van der Waals surface area contributed by atoms with Crippen LogP contribution in [0.4, 0.5) is 0 Å². The maximum absolute atomic E-state index is 6.42. The van der Waals surface area contributed by atoms with Gasteiger partial charge in [0.15, 0.2) is 0 Å². The van der Waals surface area contributed by atoms with Crippen molar-refractivity contribution in [1.29, 1.82) is 0 Å². The van der Waals surface area contributed by atoms with Gasteiger partial charge in [-0.05, 0) is 49.8 Å². The zero-order valence-corrected chi connectivity index (χ0v) is 14.2. The van der Waals surface area contributed by atoms with E-state index < -0.39 is 0 Å². The number of hydrogen-bond donors (Lipinski definition) is 1.